The summed E-state index contributed by atoms with van der Waals surface area (Å²) in [6, 6.07) is 1.35. The molecule has 0 aromatic carbocycles. The van der Waals surface area contributed by atoms with E-state index in [-0.39, 0.29) is 5.56 Å². The van der Waals surface area contributed by atoms with E-state index in [1.54, 1.807) is 12.3 Å². The second kappa shape index (κ2) is 4.31. The van der Waals surface area contributed by atoms with E-state index >= 15 is 0 Å². The zero-order chi connectivity index (χ0) is 11.7. The second-order valence-corrected chi connectivity index (χ2v) is 4.50. The first kappa shape index (κ1) is 11.2. The van der Waals surface area contributed by atoms with Gasteiger partial charge in [0.05, 0.1) is 21.7 Å². The van der Waals surface area contributed by atoms with Crippen molar-refractivity contribution < 1.29 is 9.18 Å². The molecule has 0 saturated carbocycles. The summed E-state index contributed by atoms with van der Waals surface area (Å²) < 4.78 is 13.3. The molecule has 16 heavy (non-hydrogen) atoms. The summed E-state index contributed by atoms with van der Waals surface area (Å²) in [5.41, 5.74) is 0.822. The molecule has 0 atom stereocenters. The lowest BCUT2D eigenvalue weighted by Gasteiger charge is -2.00. The standard InChI is InChI=1S/C11H7ClFNOS/c1-6-5-16-11(9(6)12)10(15)7-2-3-14-4-8(7)13/h2-5H,1H3. The topological polar surface area (TPSA) is 30.0 Å². The molecule has 0 amide bonds. The number of thiophene rings is 1. The third kappa shape index (κ3) is 1.86. The van der Waals surface area contributed by atoms with Crippen molar-refractivity contribution in [2.75, 3.05) is 0 Å². The fourth-order valence-corrected chi connectivity index (χ4v) is 2.50. The van der Waals surface area contributed by atoms with Crippen molar-refractivity contribution in [1.82, 2.24) is 4.98 Å². The van der Waals surface area contributed by atoms with Crippen molar-refractivity contribution in [3.63, 3.8) is 0 Å². The molecule has 2 aromatic heterocycles. The van der Waals surface area contributed by atoms with Crippen LogP contribution in [-0.2, 0) is 0 Å². The van der Waals surface area contributed by atoms with Gasteiger partial charge in [-0.2, -0.15) is 0 Å². The second-order valence-electron chi connectivity index (χ2n) is 3.25. The molecule has 2 aromatic rings. The summed E-state index contributed by atoms with van der Waals surface area (Å²) >= 11 is 7.18. The first-order valence-electron chi connectivity index (χ1n) is 4.49. The van der Waals surface area contributed by atoms with Crippen molar-refractivity contribution in [2.24, 2.45) is 0 Å². The van der Waals surface area contributed by atoms with E-state index in [1.165, 1.54) is 23.6 Å². The van der Waals surface area contributed by atoms with Crippen LogP contribution in [0.2, 0.25) is 5.02 Å². The lowest BCUT2D eigenvalue weighted by molar-refractivity contribution is 0.103. The number of hydrogen-bond acceptors (Lipinski definition) is 3. The van der Waals surface area contributed by atoms with Crippen LogP contribution >= 0.6 is 22.9 Å². The van der Waals surface area contributed by atoms with Gasteiger partial charge >= 0.3 is 0 Å². The van der Waals surface area contributed by atoms with Crippen LogP contribution in [0.25, 0.3) is 0 Å². The largest absolute Gasteiger partial charge is 0.288 e. The van der Waals surface area contributed by atoms with Gasteiger partial charge in [-0.3, -0.25) is 9.78 Å². The fourth-order valence-electron chi connectivity index (χ4n) is 1.26. The van der Waals surface area contributed by atoms with E-state index in [2.05, 4.69) is 4.98 Å². The molecule has 0 unspecified atom stereocenters. The maximum Gasteiger partial charge on any atom is 0.207 e. The highest BCUT2D eigenvalue weighted by atomic mass is 35.5. The van der Waals surface area contributed by atoms with E-state index in [1.807, 2.05) is 0 Å². The third-order valence-electron chi connectivity index (χ3n) is 2.12. The number of halogens is 2. The number of rotatable bonds is 2. The summed E-state index contributed by atoms with van der Waals surface area (Å²) in [7, 11) is 0. The van der Waals surface area contributed by atoms with Crippen LogP contribution in [0.5, 0.6) is 0 Å². The predicted octanol–water partition coefficient (Wildman–Crippen LogP) is 3.48. The smallest absolute Gasteiger partial charge is 0.207 e. The molecule has 0 radical (unpaired) electrons. The van der Waals surface area contributed by atoms with E-state index < -0.39 is 11.6 Å². The van der Waals surface area contributed by atoms with Gasteiger partial charge in [-0.15, -0.1) is 11.3 Å². The molecule has 2 nitrogen and oxygen atoms in total. The number of nitrogens with zero attached hydrogens (tertiary/aromatic N) is 1. The number of carbonyl (C=O) groups excluding carboxylic acids is 1. The summed E-state index contributed by atoms with van der Waals surface area (Å²) in [6.07, 6.45) is 2.40. The highest BCUT2D eigenvalue weighted by molar-refractivity contribution is 7.13. The lowest BCUT2D eigenvalue weighted by Crippen LogP contribution is -2.03. The Morgan fingerprint density at radius 3 is 2.88 bits per heavy atom. The van der Waals surface area contributed by atoms with Crippen molar-refractivity contribution in [2.45, 2.75) is 6.92 Å². The van der Waals surface area contributed by atoms with Gasteiger partial charge in [0.25, 0.3) is 0 Å². The average molecular weight is 256 g/mol. The third-order valence-corrected chi connectivity index (χ3v) is 3.82. The first-order chi connectivity index (χ1) is 7.61. The van der Waals surface area contributed by atoms with Gasteiger partial charge in [0.1, 0.15) is 0 Å². The fraction of sp³-hybridized carbons (Fsp3) is 0.0909. The zero-order valence-electron chi connectivity index (χ0n) is 8.33. The number of pyridine rings is 1. The lowest BCUT2D eigenvalue weighted by atomic mass is 10.1. The van der Waals surface area contributed by atoms with Gasteiger partial charge in [0.15, 0.2) is 5.82 Å². The molecule has 0 aliphatic rings. The van der Waals surface area contributed by atoms with E-state index in [9.17, 15) is 9.18 Å². The molecule has 0 bridgehead atoms. The van der Waals surface area contributed by atoms with Crippen molar-refractivity contribution in [3.05, 3.63) is 50.7 Å². The Morgan fingerprint density at radius 2 is 2.31 bits per heavy atom. The molecule has 0 aliphatic carbocycles. The minimum Gasteiger partial charge on any atom is -0.288 e. The van der Waals surface area contributed by atoms with Gasteiger partial charge in [-0.1, -0.05) is 11.6 Å². The monoisotopic (exact) mass is 255 g/mol. The van der Waals surface area contributed by atoms with Gasteiger partial charge in [0, 0.05) is 6.20 Å². The number of ketones is 1. The van der Waals surface area contributed by atoms with Crippen LogP contribution in [0.1, 0.15) is 20.8 Å². The van der Waals surface area contributed by atoms with Crippen LogP contribution in [0.15, 0.2) is 23.8 Å². The molecule has 82 valence electrons. The minimum atomic E-state index is -0.630. The molecule has 5 heteroatoms. The predicted molar refractivity (Wildman–Crippen MR) is 61.7 cm³/mol. The normalized spacial score (nSPS) is 10.4. The number of aryl methyl sites for hydroxylation is 1. The highest BCUT2D eigenvalue weighted by Crippen LogP contribution is 2.29. The van der Waals surface area contributed by atoms with Crippen LogP contribution < -0.4 is 0 Å². The molecule has 0 saturated heterocycles. The molecular formula is C11H7ClFNOS. The maximum atomic E-state index is 13.3. The van der Waals surface area contributed by atoms with Gasteiger partial charge in [-0.05, 0) is 23.9 Å². The first-order valence-corrected chi connectivity index (χ1v) is 5.75. The van der Waals surface area contributed by atoms with Crippen molar-refractivity contribution in [3.8, 4) is 0 Å². The Balaban J connectivity index is 2.48. The SMILES string of the molecule is Cc1csc(C(=O)c2ccncc2F)c1Cl. The van der Waals surface area contributed by atoms with E-state index in [0.717, 1.165) is 11.8 Å². The number of carbonyl (C=O) groups is 1. The Bertz CT molecular complexity index is 553. The Kier molecular flexibility index (Phi) is 3.03. The minimum absolute atomic E-state index is 0.00116. The Morgan fingerprint density at radius 1 is 1.56 bits per heavy atom. The molecule has 0 fully saturated rings. The molecule has 2 heterocycles. The van der Waals surface area contributed by atoms with Crippen molar-refractivity contribution in [1.29, 1.82) is 0 Å². The average Bonchev–Trinajstić information content (AvgIpc) is 2.60. The van der Waals surface area contributed by atoms with Crippen LogP contribution in [0, 0.1) is 12.7 Å². The number of aromatic nitrogens is 1. The highest BCUT2D eigenvalue weighted by Gasteiger charge is 2.19. The van der Waals surface area contributed by atoms with Crippen LogP contribution in [-0.4, -0.2) is 10.8 Å². The summed E-state index contributed by atoms with van der Waals surface area (Å²) in [5.74, 6) is -1.03. The molecule has 0 spiro atoms. The summed E-state index contributed by atoms with van der Waals surface area (Å²) in [4.78, 5) is 15.9. The van der Waals surface area contributed by atoms with E-state index in [4.69, 9.17) is 11.6 Å². The molecule has 2 rings (SSSR count). The van der Waals surface area contributed by atoms with Gasteiger partial charge < -0.3 is 0 Å². The number of hydrogen-bond donors (Lipinski definition) is 0. The van der Waals surface area contributed by atoms with Crippen LogP contribution in [0.3, 0.4) is 0 Å². The van der Waals surface area contributed by atoms with Gasteiger partial charge in [0.2, 0.25) is 5.78 Å². The molecular weight excluding hydrogens is 249 g/mol. The van der Waals surface area contributed by atoms with Crippen molar-refractivity contribution >= 4 is 28.7 Å². The summed E-state index contributed by atoms with van der Waals surface area (Å²) in [6.45, 7) is 1.80. The molecule has 0 aliphatic heterocycles. The maximum absolute atomic E-state index is 13.3. The Hall–Kier alpha value is -1.26. The zero-order valence-corrected chi connectivity index (χ0v) is 9.90. The van der Waals surface area contributed by atoms with Gasteiger partial charge in [-0.25, -0.2) is 4.39 Å². The quantitative estimate of drug-likeness (QED) is 0.769. The summed E-state index contributed by atoms with van der Waals surface area (Å²) in [5, 5.41) is 2.17. The van der Waals surface area contributed by atoms with E-state index in [0.29, 0.717) is 9.90 Å². The Labute approximate surface area is 101 Å². The molecule has 0 N–H and O–H groups in total. The van der Waals surface area contributed by atoms with Crippen LogP contribution in [0.4, 0.5) is 4.39 Å².